The Morgan fingerprint density at radius 1 is 1.04 bits per heavy atom. The van der Waals surface area contributed by atoms with Crippen molar-refractivity contribution in [2.75, 3.05) is 18.9 Å². The fourth-order valence-electron chi connectivity index (χ4n) is 7.15. The number of carbonyl (C=O) groups is 3. The molecule has 4 aromatic rings. The zero-order valence-electron chi connectivity index (χ0n) is 30.2. The van der Waals surface area contributed by atoms with E-state index in [1.54, 1.807) is 38.3 Å². The smallest absolute Gasteiger partial charge is 0.251 e. The summed E-state index contributed by atoms with van der Waals surface area (Å²) in [5.74, 6) is -1.95. The molecule has 3 amide bonds. The van der Waals surface area contributed by atoms with Crippen molar-refractivity contribution in [3.05, 3.63) is 71.9 Å². The van der Waals surface area contributed by atoms with Crippen LogP contribution in [0.2, 0.25) is 0 Å². The van der Waals surface area contributed by atoms with Crippen LogP contribution in [-0.4, -0.2) is 83.6 Å². The van der Waals surface area contributed by atoms with Crippen LogP contribution in [0.1, 0.15) is 46.5 Å². The summed E-state index contributed by atoms with van der Waals surface area (Å²) in [7, 11) is -7.03. The van der Waals surface area contributed by atoms with Crippen LogP contribution in [0.25, 0.3) is 21.6 Å². The van der Waals surface area contributed by atoms with Crippen molar-refractivity contribution >= 4 is 68.7 Å². The molecular formula is C37H43N6O7PS3. The van der Waals surface area contributed by atoms with E-state index in [0.29, 0.717) is 29.1 Å². The molecule has 1 aliphatic carbocycles. The highest BCUT2D eigenvalue weighted by Crippen LogP contribution is 2.52. The van der Waals surface area contributed by atoms with Crippen LogP contribution in [0.3, 0.4) is 0 Å². The Kier molecular flexibility index (Phi) is 10.4. The lowest BCUT2D eigenvalue weighted by atomic mass is 9.86. The zero-order valence-corrected chi connectivity index (χ0v) is 33.5. The van der Waals surface area contributed by atoms with Crippen molar-refractivity contribution in [3.8, 4) is 16.5 Å². The van der Waals surface area contributed by atoms with Crippen LogP contribution in [0.15, 0.2) is 76.2 Å². The minimum absolute atomic E-state index is 0.0133. The van der Waals surface area contributed by atoms with Crippen molar-refractivity contribution in [2.24, 2.45) is 11.3 Å². The summed E-state index contributed by atoms with van der Waals surface area (Å²) >= 11 is 2.49. The second-order valence-electron chi connectivity index (χ2n) is 15.2. The summed E-state index contributed by atoms with van der Waals surface area (Å²) in [5, 5.41) is 9.24. The van der Waals surface area contributed by atoms with E-state index in [0.717, 1.165) is 29.1 Å². The van der Waals surface area contributed by atoms with Crippen LogP contribution < -0.4 is 19.9 Å². The van der Waals surface area contributed by atoms with Gasteiger partial charge in [-0.2, -0.15) is 4.72 Å². The van der Waals surface area contributed by atoms with Gasteiger partial charge in [-0.25, -0.2) is 18.4 Å². The Morgan fingerprint density at radius 2 is 1.72 bits per heavy atom. The first-order valence-corrected chi connectivity index (χ1v) is 23.1. The number of fused-ring (bicyclic) bond motifs is 1. The molecule has 1 aromatic carbocycles. The first kappa shape index (κ1) is 38.3. The van der Waals surface area contributed by atoms with E-state index < -0.39 is 70.1 Å². The van der Waals surface area contributed by atoms with Gasteiger partial charge < -0.3 is 24.6 Å². The molecule has 5 atom stereocenters. The van der Waals surface area contributed by atoms with E-state index in [2.05, 4.69) is 21.7 Å². The van der Waals surface area contributed by atoms with E-state index in [4.69, 9.17) is 14.7 Å². The summed E-state index contributed by atoms with van der Waals surface area (Å²) in [6.07, 6.45) is 3.43. The van der Waals surface area contributed by atoms with Crippen LogP contribution in [0, 0.1) is 11.3 Å². The second kappa shape index (κ2) is 14.6. The fraction of sp³-hybridized carbons (Fsp3) is 0.432. The lowest BCUT2D eigenvalue weighted by molar-refractivity contribution is -0.142. The number of rotatable bonds is 12. The van der Waals surface area contributed by atoms with E-state index in [9.17, 15) is 27.4 Å². The van der Waals surface area contributed by atoms with Gasteiger partial charge in [-0.15, -0.1) is 29.3 Å². The molecule has 1 saturated carbocycles. The minimum Gasteiger partial charge on any atom is -0.471 e. The maximum atomic E-state index is 14.7. The van der Waals surface area contributed by atoms with E-state index >= 15 is 0 Å². The van der Waals surface area contributed by atoms with Crippen molar-refractivity contribution in [3.63, 3.8) is 0 Å². The number of amides is 3. The number of sulfonamides is 1. The zero-order chi connectivity index (χ0) is 38.5. The van der Waals surface area contributed by atoms with Crippen LogP contribution in [0.5, 0.6) is 5.88 Å². The number of aromatic nitrogens is 2. The van der Waals surface area contributed by atoms with Crippen molar-refractivity contribution in [2.45, 2.75) is 74.4 Å². The Bertz CT molecular complexity index is 2230. The summed E-state index contributed by atoms with van der Waals surface area (Å²) in [4.78, 5) is 54.7. The predicted octanol–water partition coefficient (Wildman–Crippen LogP) is 5.41. The summed E-state index contributed by atoms with van der Waals surface area (Å²) in [6, 6.07) is 11.8. The highest BCUT2D eigenvalue weighted by atomic mass is 32.2. The maximum absolute atomic E-state index is 14.7. The first-order valence-electron chi connectivity index (χ1n) is 17.8. The van der Waals surface area contributed by atoms with Crippen molar-refractivity contribution in [1.29, 1.82) is 0 Å². The largest absolute Gasteiger partial charge is 0.471 e. The Morgan fingerprint density at radius 3 is 2.33 bits per heavy atom. The number of nitrogens with zero attached hydrogens (tertiary/aromatic N) is 3. The molecule has 54 heavy (non-hydrogen) atoms. The third-order valence-electron chi connectivity index (χ3n) is 10.2. The number of hydrogen-bond acceptors (Lipinski definition) is 11. The highest BCUT2D eigenvalue weighted by Gasteiger charge is 2.61. The molecule has 286 valence electrons. The summed E-state index contributed by atoms with van der Waals surface area (Å²) < 4.78 is 49.5. The number of carbonyl (C=O) groups excluding carboxylic acids is 3. The third kappa shape index (κ3) is 7.63. The maximum Gasteiger partial charge on any atom is 0.251 e. The van der Waals surface area contributed by atoms with Gasteiger partial charge in [0.25, 0.3) is 15.9 Å². The molecule has 0 spiro atoms. The number of nitrogens with one attached hydrogen (secondary N) is 3. The van der Waals surface area contributed by atoms with Gasteiger partial charge >= 0.3 is 0 Å². The van der Waals surface area contributed by atoms with Gasteiger partial charge in [0.2, 0.25) is 17.7 Å². The first-order chi connectivity index (χ1) is 25.6. The number of hydrogen-bond donors (Lipinski definition) is 3. The minimum atomic E-state index is -4.10. The van der Waals surface area contributed by atoms with Gasteiger partial charge in [-0.3, -0.25) is 14.4 Å². The van der Waals surface area contributed by atoms with Gasteiger partial charge in [0.1, 0.15) is 33.6 Å². The van der Waals surface area contributed by atoms with E-state index in [1.807, 2.05) is 41.8 Å². The fourth-order valence-corrected chi connectivity index (χ4v) is 12.7. The normalized spacial score (nSPS) is 24.2. The molecule has 2 saturated heterocycles. The Balaban J connectivity index is 1.22. The standard InChI is InChI=1S/C37H43N6O7PS3/c1-5-23-21-37(23,35(46)41-51(47)16-8-9-17-51)40-32(44)27-20-24(50-33-30(28-14-10-18-52-28)38-25-12-6-7-13-26(25)39-33)22-43(27)34(45)31(36(2,3)4)42-54(48,49)29-15-11-19-53-29/h5-7,10-15,18-19,23-24,27,31,42H,1,8-9,16-17,20-22H2,2-4H3,(H,40,44)(H,41,46,47)/t23?,24-,27+,31-,37-/m1/s1. The van der Waals surface area contributed by atoms with Crippen molar-refractivity contribution < 1.29 is 32.1 Å². The molecule has 1 unspecified atom stereocenters. The molecule has 3 fully saturated rings. The quantitative estimate of drug-likeness (QED) is 0.125. The molecule has 0 radical (unpaired) electrons. The molecule has 2 aliphatic heterocycles. The molecule has 13 nitrogen and oxygen atoms in total. The van der Waals surface area contributed by atoms with Crippen LogP contribution in [-0.2, 0) is 29.0 Å². The molecule has 5 heterocycles. The number of ether oxygens (including phenoxy) is 1. The van der Waals surface area contributed by atoms with E-state index in [-0.39, 0.29) is 29.5 Å². The van der Waals surface area contributed by atoms with Gasteiger partial charge in [-0.05, 0) is 59.7 Å². The molecular weight excluding hydrogens is 768 g/mol. The number of thiophene rings is 2. The Hall–Kier alpha value is -3.95. The molecule has 7 rings (SSSR count). The summed E-state index contributed by atoms with van der Waals surface area (Å²) in [5.41, 5.74) is -0.523. The van der Waals surface area contributed by atoms with Gasteiger partial charge in [0, 0.05) is 24.7 Å². The lowest BCUT2D eigenvalue weighted by Crippen LogP contribution is -2.59. The molecule has 3 N–H and O–H groups in total. The SMILES string of the molecule is C=CC1C[C@]1(NC(=O)[C@@H]1C[C@@H](Oc2nc3ccccc3nc2-c2cccs2)CN1C(=O)[C@@H](NS(=O)(=O)c1cccs1)C(C)(C)C)C(=O)NP1(=O)CCCC1. The van der Waals surface area contributed by atoms with Crippen LogP contribution >= 0.6 is 30.0 Å². The number of benzene rings is 1. The number of para-hydroxylation sites is 2. The average Bonchev–Trinajstić information content (AvgIpc) is 3.78. The molecule has 0 bridgehead atoms. The Labute approximate surface area is 322 Å². The van der Waals surface area contributed by atoms with Crippen molar-refractivity contribution in [1.82, 2.24) is 30.0 Å². The second-order valence-corrected chi connectivity index (χ2v) is 21.9. The van der Waals surface area contributed by atoms with Gasteiger partial charge in [0.15, 0.2) is 7.29 Å². The highest BCUT2D eigenvalue weighted by molar-refractivity contribution is 7.91. The average molecular weight is 811 g/mol. The van der Waals surface area contributed by atoms with Gasteiger partial charge in [0.05, 0.1) is 22.5 Å². The predicted molar refractivity (Wildman–Crippen MR) is 209 cm³/mol. The van der Waals surface area contributed by atoms with Gasteiger partial charge in [-0.1, -0.05) is 51.1 Å². The summed E-state index contributed by atoms with van der Waals surface area (Å²) in [6.45, 7) is 9.00. The molecule has 3 aromatic heterocycles. The third-order valence-corrected chi connectivity index (χ3v) is 16.6. The number of likely N-dealkylation sites (tertiary alicyclic amines) is 1. The molecule has 17 heteroatoms. The topological polar surface area (TPSA) is 177 Å². The van der Waals surface area contributed by atoms with E-state index in [1.165, 1.54) is 22.3 Å². The monoisotopic (exact) mass is 810 g/mol. The molecule has 3 aliphatic rings. The van der Waals surface area contributed by atoms with Crippen LogP contribution in [0.4, 0.5) is 0 Å². The lowest BCUT2D eigenvalue weighted by Gasteiger charge is -2.35.